The van der Waals surface area contributed by atoms with Gasteiger partial charge in [0.15, 0.2) is 11.7 Å². The van der Waals surface area contributed by atoms with Gasteiger partial charge in [0, 0.05) is 52.9 Å². The van der Waals surface area contributed by atoms with Crippen molar-refractivity contribution in [3.05, 3.63) is 30.1 Å². The maximum atomic E-state index is 13.9. The molecule has 13 unspecified atom stereocenters. The van der Waals surface area contributed by atoms with Crippen LogP contribution in [0.15, 0.2) is 24.5 Å². The van der Waals surface area contributed by atoms with Gasteiger partial charge in [-0.3, -0.25) is 29.0 Å². The van der Waals surface area contributed by atoms with Gasteiger partial charge in [-0.1, -0.05) is 20.8 Å². The molecule has 2 heterocycles. The SMILES string of the molecule is CC(=O)OC1C(C)CC2(OC(C)=O)C1C(OC(C)=O)C13C(OC(=O)c4cccnc4)CC4C(C1C(C)(OC3OC(C)=O)C2OC(C)=O)C4(C)C. The molecule has 14 nitrogen and oxygen atoms in total. The molecule has 13 atom stereocenters. The number of hydrogen-bond acceptors (Lipinski definition) is 14. The zero-order chi connectivity index (χ0) is 36.7. The molecule has 4 aliphatic carbocycles. The highest BCUT2D eigenvalue weighted by Gasteiger charge is 2.89. The normalized spacial score (nSPS) is 41.5. The number of esters is 6. The first-order valence-electron chi connectivity index (χ1n) is 17.0. The average Bonchev–Trinajstić information content (AvgIpc) is 3.29. The van der Waals surface area contributed by atoms with Crippen LogP contribution in [0.1, 0.15) is 85.5 Å². The molecule has 1 aromatic heterocycles. The summed E-state index contributed by atoms with van der Waals surface area (Å²) in [6.07, 6.45) is -3.41. The topological polar surface area (TPSA) is 180 Å². The lowest BCUT2D eigenvalue weighted by Crippen LogP contribution is -2.66. The molecule has 4 saturated carbocycles. The summed E-state index contributed by atoms with van der Waals surface area (Å²) in [6, 6.07) is 3.13. The van der Waals surface area contributed by atoms with Crippen molar-refractivity contribution in [3.8, 4) is 0 Å². The third kappa shape index (κ3) is 5.19. The minimum absolute atomic E-state index is 0.0164. The molecule has 272 valence electrons. The Bertz CT molecular complexity index is 1610. The summed E-state index contributed by atoms with van der Waals surface area (Å²) in [6.45, 7) is 13.7. The molecule has 5 aliphatic rings. The van der Waals surface area contributed by atoms with E-state index in [1.54, 1.807) is 26.0 Å². The molecule has 0 aromatic carbocycles. The minimum atomic E-state index is -1.79. The van der Waals surface area contributed by atoms with Crippen LogP contribution < -0.4 is 0 Å². The van der Waals surface area contributed by atoms with Crippen LogP contribution in [-0.2, 0) is 57.1 Å². The third-order valence-electron chi connectivity index (χ3n) is 12.0. The summed E-state index contributed by atoms with van der Waals surface area (Å²) in [5.41, 5.74) is -5.33. The van der Waals surface area contributed by atoms with Gasteiger partial charge >= 0.3 is 35.8 Å². The van der Waals surface area contributed by atoms with Crippen molar-refractivity contribution in [3.63, 3.8) is 0 Å². The zero-order valence-electron chi connectivity index (χ0n) is 29.8. The quantitative estimate of drug-likeness (QED) is 0.299. The summed E-state index contributed by atoms with van der Waals surface area (Å²) >= 11 is 0. The van der Waals surface area contributed by atoms with Crippen molar-refractivity contribution in [2.45, 2.75) is 117 Å². The number of rotatable bonds is 7. The van der Waals surface area contributed by atoms with Crippen LogP contribution in [0, 0.1) is 40.4 Å². The van der Waals surface area contributed by atoms with E-state index in [4.69, 9.17) is 33.2 Å². The van der Waals surface area contributed by atoms with E-state index in [1.165, 1.54) is 47.0 Å². The van der Waals surface area contributed by atoms with Crippen LogP contribution in [0.5, 0.6) is 0 Å². The van der Waals surface area contributed by atoms with Gasteiger partial charge in [0.25, 0.3) is 0 Å². The Morgan fingerprint density at radius 3 is 2.02 bits per heavy atom. The van der Waals surface area contributed by atoms with Gasteiger partial charge in [-0.25, -0.2) is 4.79 Å². The third-order valence-corrected chi connectivity index (χ3v) is 12.0. The highest BCUT2D eigenvalue weighted by molar-refractivity contribution is 5.89. The highest BCUT2D eigenvalue weighted by Crippen LogP contribution is 2.80. The summed E-state index contributed by atoms with van der Waals surface area (Å²) in [7, 11) is 0. The van der Waals surface area contributed by atoms with Crippen LogP contribution in [0.2, 0.25) is 0 Å². The molecule has 1 aromatic rings. The molecule has 6 rings (SSSR count). The number of fused-ring (bicyclic) bond motifs is 2. The van der Waals surface area contributed by atoms with E-state index >= 15 is 0 Å². The van der Waals surface area contributed by atoms with Crippen LogP contribution in [0.4, 0.5) is 0 Å². The van der Waals surface area contributed by atoms with Crippen molar-refractivity contribution >= 4 is 35.8 Å². The Morgan fingerprint density at radius 2 is 1.46 bits per heavy atom. The number of pyridine rings is 1. The number of carbonyl (C=O) groups excluding carboxylic acids is 6. The number of ether oxygens (including phenoxy) is 7. The summed E-state index contributed by atoms with van der Waals surface area (Å²) in [5.74, 6) is -7.14. The number of hydrogen-bond donors (Lipinski definition) is 0. The molecule has 2 bridgehead atoms. The molecule has 0 N–H and O–H groups in total. The first kappa shape index (κ1) is 35.7. The van der Waals surface area contributed by atoms with Gasteiger partial charge in [-0.15, -0.1) is 0 Å². The molecule has 1 aliphatic heterocycles. The predicted molar refractivity (Wildman–Crippen MR) is 168 cm³/mol. The first-order valence-corrected chi connectivity index (χ1v) is 17.0. The van der Waals surface area contributed by atoms with Crippen molar-refractivity contribution < 1.29 is 61.9 Å². The van der Waals surface area contributed by atoms with E-state index in [0.717, 1.165) is 0 Å². The number of nitrogens with zero attached hydrogens (tertiary/aromatic N) is 1. The standard InChI is InChI=1S/C36H45NO13/c1-16-14-35(49-21(6)42)26(27(16)44-17(2)38)29(45-18(3)39)36-24(48-30(43)22-11-10-12-37-15-22)13-23-25(33(23,7)8)28(36)34(9,31(35)46-19(4)40)50-32(36)47-20(5)41/h10-12,15-16,23-29,31-32H,13-14H2,1-9H3. The number of aromatic nitrogens is 1. The summed E-state index contributed by atoms with van der Waals surface area (Å²) in [5, 5.41) is 0. The molecule has 0 spiro atoms. The lowest BCUT2D eigenvalue weighted by atomic mass is 9.56. The van der Waals surface area contributed by atoms with Gasteiger partial charge in [0.2, 0.25) is 6.29 Å². The van der Waals surface area contributed by atoms with Crippen LogP contribution in [0.3, 0.4) is 0 Å². The molecular formula is C36H45NO13. The Kier molecular flexibility index (Phi) is 8.59. The predicted octanol–water partition coefficient (Wildman–Crippen LogP) is 3.33. The van der Waals surface area contributed by atoms with E-state index in [9.17, 15) is 28.8 Å². The van der Waals surface area contributed by atoms with E-state index < -0.39 is 106 Å². The van der Waals surface area contributed by atoms with Crippen LogP contribution in [-0.4, -0.2) is 82.7 Å². The Morgan fingerprint density at radius 1 is 0.820 bits per heavy atom. The lowest BCUT2D eigenvalue weighted by molar-refractivity contribution is -0.292. The van der Waals surface area contributed by atoms with Gasteiger partial charge in [0.1, 0.15) is 29.3 Å². The van der Waals surface area contributed by atoms with Crippen molar-refractivity contribution in [2.24, 2.45) is 40.4 Å². The van der Waals surface area contributed by atoms with E-state index in [1.807, 2.05) is 0 Å². The maximum Gasteiger partial charge on any atom is 0.340 e. The smallest absolute Gasteiger partial charge is 0.340 e. The maximum absolute atomic E-state index is 13.9. The number of carbonyl (C=O) groups is 6. The molecule has 0 radical (unpaired) electrons. The molecular weight excluding hydrogens is 654 g/mol. The molecule has 1 saturated heterocycles. The van der Waals surface area contributed by atoms with Gasteiger partial charge in [-0.2, -0.15) is 0 Å². The fourth-order valence-corrected chi connectivity index (χ4v) is 10.7. The monoisotopic (exact) mass is 699 g/mol. The summed E-state index contributed by atoms with van der Waals surface area (Å²) < 4.78 is 44.2. The fourth-order valence-electron chi connectivity index (χ4n) is 10.7. The molecule has 0 amide bonds. The largest absolute Gasteiger partial charge is 0.462 e. The second-order valence-corrected chi connectivity index (χ2v) is 15.4. The Balaban J connectivity index is 1.72. The van der Waals surface area contributed by atoms with E-state index in [0.29, 0.717) is 0 Å². The van der Waals surface area contributed by atoms with E-state index in [2.05, 4.69) is 18.8 Å². The molecule has 50 heavy (non-hydrogen) atoms. The second kappa shape index (κ2) is 12.0. The first-order chi connectivity index (χ1) is 23.3. The molecule has 5 fully saturated rings. The van der Waals surface area contributed by atoms with Crippen molar-refractivity contribution in [1.29, 1.82) is 0 Å². The molecule has 14 heteroatoms. The fraction of sp³-hybridized carbons (Fsp3) is 0.694. The Hall–Kier alpha value is -4.07. The van der Waals surface area contributed by atoms with Gasteiger partial charge in [-0.05, 0) is 55.1 Å². The van der Waals surface area contributed by atoms with E-state index in [-0.39, 0.29) is 30.2 Å². The zero-order valence-corrected chi connectivity index (χ0v) is 29.8. The van der Waals surface area contributed by atoms with Crippen LogP contribution >= 0.6 is 0 Å². The van der Waals surface area contributed by atoms with Crippen molar-refractivity contribution in [2.75, 3.05) is 0 Å². The summed E-state index contributed by atoms with van der Waals surface area (Å²) in [4.78, 5) is 83.3. The minimum Gasteiger partial charge on any atom is -0.462 e. The Labute approximate surface area is 290 Å². The van der Waals surface area contributed by atoms with Gasteiger partial charge in [0.05, 0.1) is 11.5 Å². The van der Waals surface area contributed by atoms with Crippen molar-refractivity contribution in [1.82, 2.24) is 4.98 Å². The second-order valence-electron chi connectivity index (χ2n) is 15.4. The highest BCUT2D eigenvalue weighted by atomic mass is 16.7. The van der Waals surface area contributed by atoms with Crippen LogP contribution in [0.25, 0.3) is 0 Å². The lowest BCUT2D eigenvalue weighted by Gasteiger charge is -2.52. The average molecular weight is 700 g/mol. The van der Waals surface area contributed by atoms with Gasteiger partial charge < -0.3 is 33.2 Å².